The van der Waals surface area contributed by atoms with Crippen LogP contribution < -0.4 is 0 Å². The van der Waals surface area contributed by atoms with E-state index in [1.54, 1.807) is 0 Å². The first-order valence-electron chi connectivity index (χ1n) is 4.34. The van der Waals surface area contributed by atoms with E-state index in [-0.39, 0.29) is 0 Å². The summed E-state index contributed by atoms with van der Waals surface area (Å²) in [5.74, 6) is 0. The van der Waals surface area contributed by atoms with Crippen molar-refractivity contribution in [1.29, 1.82) is 5.41 Å². The van der Waals surface area contributed by atoms with Crippen molar-refractivity contribution in [2.24, 2.45) is 0 Å². The standard InChI is InChI=1S/C8H17N3O/c1-10-2-4-11(5-3-10)6-7-12-8-9/h8-9H,2-7H2,1H3. The lowest BCUT2D eigenvalue weighted by molar-refractivity contribution is 0.133. The number of nitrogens with one attached hydrogen (secondary N) is 1. The molecule has 0 aromatic carbocycles. The summed E-state index contributed by atoms with van der Waals surface area (Å²) in [6.07, 6.45) is 1.01. The Morgan fingerprint density at radius 1 is 1.33 bits per heavy atom. The Kier molecular flexibility index (Phi) is 4.04. The highest BCUT2D eigenvalue weighted by molar-refractivity contribution is 5.40. The maximum atomic E-state index is 6.68. The zero-order valence-corrected chi connectivity index (χ0v) is 7.62. The number of piperazine rings is 1. The van der Waals surface area contributed by atoms with E-state index >= 15 is 0 Å². The second kappa shape index (κ2) is 5.11. The van der Waals surface area contributed by atoms with E-state index in [2.05, 4.69) is 16.8 Å². The van der Waals surface area contributed by atoms with Crippen LogP contribution in [0.4, 0.5) is 0 Å². The summed E-state index contributed by atoms with van der Waals surface area (Å²) in [6, 6.07) is 0. The number of nitrogens with zero attached hydrogens (tertiary/aromatic N) is 2. The highest BCUT2D eigenvalue weighted by atomic mass is 16.5. The van der Waals surface area contributed by atoms with Crippen LogP contribution in [0.15, 0.2) is 0 Å². The highest BCUT2D eigenvalue weighted by Crippen LogP contribution is 1.97. The molecule has 0 aromatic heterocycles. The predicted octanol–water partition coefficient (Wildman–Crippen LogP) is -0.143. The largest absolute Gasteiger partial charge is 0.482 e. The van der Waals surface area contributed by atoms with Gasteiger partial charge >= 0.3 is 0 Å². The number of rotatable bonds is 4. The van der Waals surface area contributed by atoms with E-state index in [1.807, 2.05) is 0 Å². The molecule has 12 heavy (non-hydrogen) atoms. The third-order valence-electron chi connectivity index (χ3n) is 2.20. The molecule has 0 unspecified atom stereocenters. The van der Waals surface area contributed by atoms with Crippen LogP contribution in [-0.4, -0.2) is 62.6 Å². The summed E-state index contributed by atoms with van der Waals surface area (Å²) < 4.78 is 4.85. The molecule has 1 N–H and O–H groups in total. The van der Waals surface area contributed by atoms with Gasteiger partial charge in [-0.2, -0.15) is 0 Å². The maximum Gasteiger partial charge on any atom is 0.166 e. The van der Waals surface area contributed by atoms with Crippen molar-refractivity contribution in [2.45, 2.75) is 0 Å². The van der Waals surface area contributed by atoms with Crippen molar-refractivity contribution in [3.63, 3.8) is 0 Å². The summed E-state index contributed by atoms with van der Waals surface area (Å²) >= 11 is 0. The molecule has 4 nitrogen and oxygen atoms in total. The van der Waals surface area contributed by atoms with Crippen LogP contribution >= 0.6 is 0 Å². The Balaban J connectivity index is 2.05. The van der Waals surface area contributed by atoms with Gasteiger partial charge in [-0.15, -0.1) is 0 Å². The normalized spacial score (nSPS) is 20.8. The van der Waals surface area contributed by atoms with E-state index in [4.69, 9.17) is 10.1 Å². The van der Waals surface area contributed by atoms with Crippen molar-refractivity contribution in [3.8, 4) is 0 Å². The SMILES string of the molecule is CN1CCN(CCOC=N)CC1. The molecule has 0 radical (unpaired) electrons. The molecule has 0 bridgehead atoms. The Hall–Kier alpha value is -0.610. The van der Waals surface area contributed by atoms with E-state index in [1.165, 1.54) is 0 Å². The fourth-order valence-corrected chi connectivity index (χ4v) is 1.31. The first-order valence-corrected chi connectivity index (χ1v) is 4.34. The molecule has 0 saturated carbocycles. The molecule has 0 aliphatic carbocycles. The Bertz CT molecular complexity index is 132. The van der Waals surface area contributed by atoms with Crippen molar-refractivity contribution in [2.75, 3.05) is 46.4 Å². The second-order valence-corrected chi connectivity index (χ2v) is 3.13. The van der Waals surface area contributed by atoms with E-state index in [0.717, 1.165) is 39.1 Å². The maximum absolute atomic E-state index is 6.68. The molecular weight excluding hydrogens is 154 g/mol. The molecule has 1 heterocycles. The van der Waals surface area contributed by atoms with Gasteiger partial charge in [-0.25, -0.2) is 0 Å². The Morgan fingerprint density at radius 2 is 2.00 bits per heavy atom. The van der Waals surface area contributed by atoms with Crippen LogP contribution in [0.1, 0.15) is 0 Å². The van der Waals surface area contributed by atoms with E-state index in [0.29, 0.717) is 6.61 Å². The topological polar surface area (TPSA) is 39.6 Å². The van der Waals surface area contributed by atoms with Crippen LogP contribution in [0.2, 0.25) is 0 Å². The van der Waals surface area contributed by atoms with Gasteiger partial charge in [-0.1, -0.05) is 0 Å². The molecule has 1 saturated heterocycles. The van der Waals surface area contributed by atoms with Gasteiger partial charge in [0.05, 0.1) is 0 Å². The summed E-state index contributed by atoms with van der Waals surface area (Å²) in [7, 11) is 2.14. The van der Waals surface area contributed by atoms with Gasteiger partial charge in [-0.3, -0.25) is 10.3 Å². The predicted molar refractivity (Wildman–Crippen MR) is 48.7 cm³/mol. The number of likely N-dealkylation sites (N-methyl/N-ethyl adjacent to an activating group) is 1. The third-order valence-corrected chi connectivity index (χ3v) is 2.20. The minimum absolute atomic E-state index is 0.646. The van der Waals surface area contributed by atoms with Crippen LogP contribution in [0.25, 0.3) is 0 Å². The van der Waals surface area contributed by atoms with Crippen LogP contribution in [0.3, 0.4) is 0 Å². The summed E-state index contributed by atoms with van der Waals surface area (Å²) in [4.78, 5) is 4.69. The molecule has 4 heteroatoms. The third kappa shape index (κ3) is 3.19. The summed E-state index contributed by atoms with van der Waals surface area (Å²) in [5, 5.41) is 6.68. The summed E-state index contributed by atoms with van der Waals surface area (Å²) in [5.41, 5.74) is 0. The smallest absolute Gasteiger partial charge is 0.166 e. The molecule has 1 aliphatic heterocycles. The lowest BCUT2D eigenvalue weighted by Gasteiger charge is -2.31. The van der Waals surface area contributed by atoms with Crippen molar-refractivity contribution >= 4 is 6.40 Å². The molecule has 1 fully saturated rings. The average Bonchev–Trinajstić information content (AvgIpc) is 2.09. The second-order valence-electron chi connectivity index (χ2n) is 3.13. The molecular formula is C8H17N3O. The van der Waals surface area contributed by atoms with Gasteiger partial charge in [0.1, 0.15) is 6.61 Å². The van der Waals surface area contributed by atoms with Gasteiger partial charge in [0.15, 0.2) is 6.40 Å². The Morgan fingerprint density at radius 3 is 2.58 bits per heavy atom. The summed E-state index contributed by atoms with van der Waals surface area (Å²) in [6.45, 7) is 6.13. The number of hydrogen-bond donors (Lipinski definition) is 1. The quantitative estimate of drug-likeness (QED) is 0.363. The first-order chi connectivity index (χ1) is 5.83. The zero-order valence-electron chi connectivity index (χ0n) is 7.62. The molecule has 0 amide bonds. The molecule has 0 aromatic rings. The Labute approximate surface area is 73.6 Å². The number of ether oxygens (including phenoxy) is 1. The van der Waals surface area contributed by atoms with Crippen LogP contribution in [-0.2, 0) is 4.74 Å². The van der Waals surface area contributed by atoms with Gasteiger partial charge < -0.3 is 9.64 Å². The number of hydrogen-bond acceptors (Lipinski definition) is 4. The molecule has 1 rings (SSSR count). The molecule has 1 aliphatic rings. The molecule has 70 valence electrons. The average molecular weight is 171 g/mol. The van der Waals surface area contributed by atoms with Crippen molar-refractivity contribution in [3.05, 3.63) is 0 Å². The van der Waals surface area contributed by atoms with Crippen LogP contribution in [0.5, 0.6) is 0 Å². The molecule has 0 atom stereocenters. The van der Waals surface area contributed by atoms with Gasteiger partial charge in [-0.05, 0) is 7.05 Å². The lowest BCUT2D eigenvalue weighted by Crippen LogP contribution is -2.45. The van der Waals surface area contributed by atoms with Crippen molar-refractivity contribution in [1.82, 2.24) is 9.80 Å². The van der Waals surface area contributed by atoms with Crippen LogP contribution in [0, 0.1) is 5.41 Å². The minimum Gasteiger partial charge on any atom is -0.482 e. The lowest BCUT2D eigenvalue weighted by atomic mass is 10.3. The zero-order chi connectivity index (χ0) is 8.81. The monoisotopic (exact) mass is 171 g/mol. The first kappa shape index (κ1) is 9.48. The van der Waals surface area contributed by atoms with E-state index in [9.17, 15) is 0 Å². The van der Waals surface area contributed by atoms with Gasteiger partial charge in [0.25, 0.3) is 0 Å². The van der Waals surface area contributed by atoms with E-state index < -0.39 is 0 Å². The van der Waals surface area contributed by atoms with Crippen molar-refractivity contribution < 1.29 is 4.74 Å². The molecule has 0 spiro atoms. The fourth-order valence-electron chi connectivity index (χ4n) is 1.31. The minimum atomic E-state index is 0.646. The fraction of sp³-hybridized carbons (Fsp3) is 0.875. The van der Waals surface area contributed by atoms with Gasteiger partial charge in [0, 0.05) is 32.7 Å². The van der Waals surface area contributed by atoms with Gasteiger partial charge in [0.2, 0.25) is 0 Å². The highest BCUT2D eigenvalue weighted by Gasteiger charge is 2.12.